The highest BCUT2D eigenvalue weighted by molar-refractivity contribution is 7.89. The van der Waals surface area contributed by atoms with Gasteiger partial charge >= 0.3 is 0 Å². The Bertz CT molecular complexity index is 1810. The van der Waals surface area contributed by atoms with Crippen LogP contribution in [0.1, 0.15) is 11.4 Å². The van der Waals surface area contributed by atoms with Gasteiger partial charge in [-0.15, -0.1) is 0 Å². The molecule has 0 atom stereocenters. The number of nitrogens with zero attached hydrogens (tertiary/aromatic N) is 7. The molecular formula is C26H25FN8O4S. The average molecular weight is 565 g/mol. The standard InChI is InChI=1S/C26H25FN8O4S/c1-17-4-3-5-25(30-17)35-24(18-6-7-23(27)22(10-18)19-13-28-33(15-19)8-9-36)11-20(32-35)12-26(37)31-21-14-29-34(16-21)40(2,38)39/h3-7,10-11,13-16,36H,8-9,12H2,1-2H3,(H,31,37). The van der Waals surface area contributed by atoms with Crippen LogP contribution in [0, 0.1) is 12.7 Å². The summed E-state index contributed by atoms with van der Waals surface area (Å²) in [6.45, 7) is 2.04. The Hall–Kier alpha value is -4.69. The Morgan fingerprint density at radius 3 is 2.62 bits per heavy atom. The number of halogens is 1. The van der Waals surface area contributed by atoms with Crippen LogP contribution in [0.15, 0.2) is 67.3 Å². The molecule has 14 heteroatoms. The van der Waals surface area contributed by atoms with E-state index in [1.54, 1.807) is 35.1 Å². The van der Waals surface area contributed by atoms with Crippen molar-refractivity contribution in [3.63, 3.8) is 0 Å². The van der Waals surface area contributed by atoms with Gasteiger partial charge in [-0.2, -0.15) is 19.4 Å². The summed E-state index contributed by atoms with van der Waals surface area (Å²) < 4.78 is 42.1. The molecule has 1 aromatic carbocycles. The van der Waals surface area contributed by atoms with E-state index in [2.05, 4.69) is 25.6 Å². The molecule has 0 bridgehead atoms. The van der Waals surface area contributed by atoms with E-state index in [0.29, 0.717) is 33.9 Å². The van der Waals surface area contributed by atoms with E-state index in [-0.39, 0.29) is 25.3 Å². The lowest BCUT2D eigenvalue weighted by Crippen LogP contribution is -2.15. The van der Waals surface area contributed by atoms with Crippen molar-refractivity contribution >= 4 is 21.6 Å². The number of aromatic nitrogens is 7. The molecule has 0 saturated heterocycles. The van der Waals surface area contributed by atoms with Gasteiger partial charge in [0, 0.05) is 28.6 Å². The molecule has 0 radical (unpaired) electrons. The fraction of sp³-hybridized carbons (Fsp3) is 0.192. The predicted molar refractivity (Wildman–Crippen MR) is 145 cm³/mol. The molecule has 4 aromatic heterocycles. The van der Waals surface area contributed by atoms with Crippen molar-refractivity contribution in [2.24, 2.45) is 0 Å². The monoisotopic (exact) mass is 564 g/mol. The van der Waals surface area contributed by atoms with Gasteiger partial charge < -0.3 is 10.4 Å². The van der Waals surface area contributed by atoms with Crippen molar-refractivity contribution in [3.8, 4) is 28.2 Å². The largest absolute Gasteiger partial charge is 0.394 e. The van der Waals surface area contributed by atoms with Crippen LogP contribution in [-0.2, 0) is 27.8 Å². The second kappa shape index (κ2) is 10.8. The minimum absolute atomic E-state index is 0.0945. The van der Waals surface area contributed by atoms with Gasteiger partial charge in [0.1, 0.15) is 5.82 Å². The third-order valence-corrected chi connectivity index (χ3v) is 6.79. The van der Waals surface area contributed by atoms with Crippen molar-refractivity contribution in [1.82, 2.24) is 33.7 Å². The molecule has 1 amide bonds. The first kappa shape index (κ1) is 26.9. The average Bonchev–Trinajstić information content (AvgIpc) is 3.65. The molecular weight excluding hydrogens is 539 g/mol. The van der Waals surface area contributed by atoms with E-state index in [1.165, 1.54) is 29.3 Å². The van der Waals surface area contributed by atoms with Gasteiger partial charge in [-0.1, -0.05) is 6.07 Å². The van der Waals surface area contributed by atoms with Gasteiger partial charge in [0.15, 0.2) is 5.82 Å². The third kappa shape index (κ3) is 5.82. The zero-order valence-corrected chi connectivity index (χ0v) is 22.4. The number of aliphatic hydroxyl groups is 1. The minimum Gasteiger partial charge on any atom is -0.394 e. The molecule has 4 heterocycles. The van der Waals surface area contributed by atoms with Crippen molar-refractivity contribution in [1.29, 1.82) is 0 Å². The molecule has 5 rings (SSSR count). The van der Waals surface area contributed by atoms with Gasteiger partial charge in [-0.05, 0) is 43.3 Å². The van der Waals surface area contributed by atoms with Crippen LogP contribution in [-0.4, -0.2) is 66.0 Å². The Labute approximate surface area is 228 Å². The number of nitrogens with one attached hydrogen (secondary N) is 1. The topological polar surface area (TPSA) is 150 Å². The van der Waals surface area contributed by atoms with Crippen LogP contribution < -0.4 is 5.32 Å². The number of hydrogen-bond donors (Lipinski definition) is 2. The molecule has 0 fully saturated rings. The maximum absolute atomic E-state index is 14.9. The molecule has 0 aliphatic carbocycles. The maximum Gasteiger partial charge on any atom is 0.250 e. The molecule has 0 aliphatic heterocycles. The molecule has 0 unspecified atom stereocenters. The number of carbonyl (C=O) groups excluding carboxylic acids is 1. The highest BCUT2D eigenvalue weighted by Crippen LogP contribution is 2.30. The van der Waals surface area contributed by atoms with E-state index >= 15 is 0 Å². The van der Waals surface area contributed by atoms with Crippen LogP contribution in [0.3, 0.4) is 0 Å². The molecule has 0 spiro atoms. The van der Waals surface area contributed by atoms with Gasteiger partial charge in [-0.25, -0.2) is 22.5 Å². The summed E-state index contributed by atoms with van der Waals surface area (Å²) in [5.74, 6) is -0.364. The van der Waals surface area contributed by atoms with E-state index in [9.17, 15) is 22.7 Å². The highest BCUT2D eigenvalue weighted by atomic mass is 32.2. The zero-order valence-electron chi connectivity index (χ0n) is 21.6. The molecule has 5 aromatic rings. The normalized spacial score (nSPS) is 11.6. The maximum atomic E-state index is 14.9. The number of anilines is 1. The number of benzene rings is 1. The summed E-state index contributed by atoms with van der Waals surface area (Å²) in [7, 11) is -3.58. The zero-order chi connectivity index (χ0) is 28.4. The van der Waals surface area contributed by atoms with Crippen LogP contribution in [0.25, 0.3) is 28.2 Å². The molecule has 40 heavy (non-hydrogen) atoms. The van der Waals surface area contributed by atoms with Crippen LogP contribution >= 0.6 is 0 Å². The first-order valence-electron chi connectivity index (χ1n) is 12.1. The number of carbonyl (C=O) groups is 1. The number of aliphatic hydroxyl groups excluding tert-OH is 1. The number of pyridine rings is 1. The lowest BCUT2D eigenvalue weighted by molar-refractivity contribution is -0.115. The van der Waals surface area contributed by atoms with E-state index in [1.807, 2.05) is 19.1 Å². The smallest absolute Gasteiger partial charge is 0.250 e. The SMILES string of the molecule is Cc1cccc(-n2nc(CC(=O)Nc3cnn(S(C)(=O)=O)c3)cc2-c2ccc(F)c(-c3cnn(CCO)c3)c2)n1. The minimum atomic E-state index is -3.58. The van der Waals surface area contributed by atoms with Gasteiger partial charge in [-0.3, -0.25) is 9.48 Å². The summed E-state index contributed by atoms with van der Waals surface area (Å²) in [4.78, 5) is 17.3. The van der Waals surface area contributed by atoms with Crippen LogP contribution in [0.5, 0.6) is 0 Å². The highest BCUT2D eigenvalue weighted by Gasteiger charge is 2.18. The second-order valence-electron chi connectivity index (χ2n) is 9.07. The predicted octanol–water partition coefficient (Wildman–Crippen LogP) is 2.42. The molecule has 0 saturated carbocycles. The van der Waals surface area contributed by atoms with E-state index in [0.717, 1.165) is 16.0 Å². The first-order chi connectivity index (χ1) is 19.1. The summed E-state index contributed by atoms with van der Waals surface area (Å²) in [6, 6.07) is 11.8. The third-order valence-electron chi connectivity index (χ3n) is 5.91. The quantitative estimate of drug-likeness (QED) is 0.277. The van der Waals surface area contributed by atoms with Crippen LogP contribution in [0.2, 0.25) is 0 Å². The Morgan fingerprint density at radius 2 is 1.90 bits per heavy atom. The van der Waals surface area contributed by atoms with Gasteiger partial charge in [0.2, 0.25) is 5.91 Å². The lowest BCUT2D eigenvalue weighted by Gasteiger charge is -2.09. The summed E-state index contributed by atoms with van der Waals surface area (Å²) in [6.07, 6.45) is 6.50. The Kier molecular flexibility index (Phi) is 7.28. The summed E-state index contributed by atoms with van der Waals surface area (Å²) in [5, 5.41) is 24.3. The van der Waals surface area contributed by atoms with Crippen molar-refractivity contribution in [2.45, 2.75) is 19.9 Å². The second-order valence-corrected chi connectivity index (χ2v) is 10.9. The summed E-state index contributed by atoms with van der Waals surface area (Å²) >= 11 is 0. The van der Waals surface area contributed by atoms with Crippen molar-refractivity contribution in [3.05, 3.63) is 84.5 Å². The first-order valence-corrected chi connectivity index (χ1v) is 14.0. The van der Waals surface area contributed by atoms with Gasteiger partial charge in [0.25, 0.3) is 10.0 Å². The van der Waals surface area contributed by atoms with E-state index in [4.69, 9.17) is 0 Å². The molecule has 2 N–H and O–H groups in total. The molecule has 12 nitrogen and oxygen atoms in total. The van der Waals surface area contributed by atoms with Crippen molar-refractivity contribution < 1.29 is 22.7 Å². The fourth-order valence-electron chi connectivity index (χ4n) is 4.10. The van der Waals surface area contributed by atoms with E-state index < -0.39 is 21.7 Å². The van der Waals surface area contributed by atoms with Crippen LogP contribution in [0.4, 0.5) is 10.1 Å². The van der Waals surface area contributed by atoms with Gasteiger partial charge in [0.05, 0.1) is 61.5 Å². The Balaban J connectivity index is 1.49. The number of amides is 1. The number of aryl methyl sites for hydroxylation is 1. The molecule has 0 aliphatic rings. The molecule has 206 valence electrons. The Morgan fingerprint density at radius 1 is 1.07 bits per heavy atom. The lowest BCUT2D eigenvalue weighted by atomic mass is 10.0. The summed E-state index contributed by atoms with van der Waals surface area (Å²) in [5.41, 5.74) is 3.46. The number of rotatable bonds is 9. The number of hydrogen-bond acceptors (Lipinski definition) is 8. The van der Waals surface area contributed by atoms with Crippen molar-refractivity contribution in [2.75, 3.05) is 18.2 Å². The fourth-order valence-corrected chi connectivity index (χ4v) is 4.62.